The van der Waals surface area contributed by atoms with Crippen LogP contribution in [0.5, 0.6) is 5.75 Å². The molecule has 1 atom stereocenters. The van der Waals surface area contributed by atoms with Gasteiger partial charge in [-0.05, 0) is 25.1 Å². The number of aromatic amines is 1. The second kappa shape index (κ2) is 5.54. The monoisotopic (exact) mass is 285 g/mol. The van der Waals surface area contributed by atoms with Gasteiger partial charge in [0.05, 0.1) is 17.1 Å². The molecule has 3 aromatic rings. The quantitative estimate of drug-likeness (QED) is 0.689. The van der Waals surface area contributed by atoms with Crippen LogP contribution in [-0.4, -0.2) is 15.1 Å². The molecular weight excluding hydrogens is 269 g/mol. The molecule has 1 aromatic heterocycles. The molecule has 0 fully saturated rings. The van der Waals surface area contributed by atoms with Crippen LogP contribution in [0.1, 0.15) is 24.4 Å². The van der Waals surface area contributed by atoms with E-state index in [1.807, 2.05) is 31.2 Å². The summed E-state index contributed by atoms with van der Waals surface area (Å²) in [6.45, 7) is 2.33. The second-order valence-electron chi connectivity index (χ2n) is 4.99. The molecule has 0 aliphatic carbocycles. The maximum absolute atomic E-state index is 13.3. The van der Waals surface area contributed by atoms with Gasteiger partial charge in [-0.15, -0.1) is 0 Å². The van der Waals surface area contributed by atoms with Gasteiger partial charge in [0.25, 0.3) is 0 Å². The first-order valence-corrected chi connectivity index (χ1v) is 6.79. The molecule has 5 heteroatoms. The van der Waals surface area contributed by atoms with Crippen molar-refractivity contribution in [2.75, 3.05) is 0 Å². The van der Waals surface area contributed by atoms with E-state index in [1.165, 1.54) is 6.07 Å². The highest BCUT2D eigenvalue weighted by Gasteiger charge is 2.12. The van der Waals surface area contributed by atoms with E-state index in [4.69, 9.17) is 0 Å². The summed E-state index contributed by atoms with van der Waals surface area (Å²) in [4.78, 5) is 7.76. The summed E-state index contributed by atoms with van der Waals surface area (Å²) in [6.07, 6.45) is 0. The summed E-state index contributed by atoms with van der Waals surface area (Å²) in [5, 5.41) is 12.9. The van der Waals surface area contributed by atoms with Crippen LogP contribution < -0.4 is 5.32 Å². The Balaban J connectivity index is 1.74. The van der Waals surface area contributed by atoms with Gasteiger partial charge in [0, 0.05) is 12.1 Å². The number of imidazole rings is 1. The van der Waals surface area contributed by atoms with Gasteiger partial charge in [-0.3, -0.25) is 0 Å². The van der Waals surface area contributed by atoms with E-state index < -0.39 is 5.82 Å². The number of nitrogens with zero attached hydrogens (tertiary/aromatic N) is 1. The van der Waals surface area contributed by atoms with Crippen LogP contribution in [0.25, 0.3) is 11.0 Å². The normalized spacial score (nSPS) is 12.7. The Morgan fingerprint density at radius 2 is 2.05 bits per heavy atom. The van der Waals surface area contributed by atoms with Gasteiger partial charge >= 0.3 is 0 Å². The predicted octanol–water partition coefficient (Wildman–Crippen LogP) is 3.26. The van der Waals surface area contributed by atoms with Crippen LogP contribution in [-0.2, 0) is 6.54 Å². The molecule has 0 spiro atoms. The zero-order valence-electron chi connectivity index (χ0n) is 11.6. The molecule has 0 aliphatic heterocycles. The van der Waals surface area contributed by atoms with Crippen molar-refractivity contribution in [2.45, 2.75) is 19.5 Å². The first kappa shape index (κ1) is 13.6. The Morgan fingerprint density at radius 3 is 2.86 bits per heavy atom. The second-order valence-corrected chi connectivity index (χ2v) is 4.99. The van der Waals surface area contributed by atoms with Crippen LogP contribution >= 0.6 is 0 Å². The minimum Gasteiger partial charge on any atom is -0.505 e. The fraction of sp³-hybridized carbons (Fsp3) is 0.188. The van der Waals surface area contributed by atoms with Crippen molar-refractivity contribution in [3.05, 3.63) is 59.7 Å². The summed E-state index contributed by atoms with van der Waals surface area (Å²) in [5.74, 6) is -0.0976. The highest BCUT2D eigenvalue weighted by Crippen LogP contribution is 2.22. The summed E-state index contributed by atoms with van der Waals surface area (Å²) in [7, 11) is 0. The van der Waals surface area contributed by atoms with E-state index in [2.05, 4.69) is 15.3 Å². The number of rotatable bonds is 4. The molecule has 1 heterocycles. The summed E-state index contributed by atoms with van der Waals surface area (Å²) in [5.41, 5.74) is 2.42. The average molecular weight is 285 g/mol. The molecule has 108 valence electrons. The molecule has 0 saturated heterocycles. The number of aromatic nitrogens is 2. The zero-order valence-corrected chi connectivity index (χ0v) is 11.6. The van der Waals surface area contributed by atoms with Crippen molar-refractivity contribution in [2.24, 2.45) is 0 Å². The molecule has 3 rings (SSSR count). The first-order chi connectivity index (χ1) is 10.1. The topological polar surface area (TPSA) is 60.9 Å². The van der Waals surface area contributed by atoms with Gasteiger partial charge < -0.3 is 15.4 Å². The fourth-order valence-corrected chi connectivity index (χ4v) is 2.24. The molecule has 21 heavy (non-hydrogen) atoms. The van der Waals surface area contributed by atoms with Crippen molar-refractivity contribution in [1.29, 1.82) is 0 Å². The van der Waals surface area contributed by atoms with Crippen LogP contribution in [0.4, 0.5) is 4.39 Å². The van der Waals surface area contributed by atoms with Crippen LogP contribution in [0.15, 0.2) is 42.5 Å². The van der Waals surface area contributed by atoms with E-state index in [9.17, 15) is 9.50 Å². The van der Waals surface area contributed by atoms with Gasteiger partial charge in [0.1, 0.15) is 5.82 Å². The number of halogens is 1. The molecule has 2 aromatic carbocycles. The van der Waals surface area contributed by atoms with E-state index >= 15 is 0 Å². The average Bonchev–Trinajstić information content (AvgIpc) is 2.92. The van der Waals surface area contributed by atoms with E-state index in [1.54, 1.807) is 12.1 Å². The zero-order chi connectivity index (χ0) is 14.8. The Bertz CT molecular complexity index is 736. The number of H-pyrrole nitrogens is 1. The maximum Gasteiger partial charge on any atom is 0.165 e. The SMILES string of the molecule is CC(NCc1cccc(F)c1O)c1nc2ccccc2[nH]1. The molecular formula is C16H16FN3O. The smallest absolute Gasteiger partial charge is 0.165 e. The lowest BCUT2D eigenvalue weighted by Crippen LogP contribution is -2.19. The van der Waals surface area contributed by atoms with E-state index in [-0.39, 0.29) is 11.8 Å². The van der Waals surface area contributed by atoms with Crippen molar-refractivity contribution in [3.63, 3.8) is 0 Å². The number of fused-ring (bicyclic) bond motifs is 1. The summed E-state index contributed by atoms with van der Waals surface area (Å²) in [6, 6.07) is 12.3. The number of nitrogens with one attached hydrogen (secondary N) is 2. The molecule has 0 amide bonds. The third kappa shape index (κ3) is 2.73. The number of aromatic hydroxyl groups is 1. The third-order valence-electron chi connectivity index (χ3n) is 3.49. The highest BCUT2D eigenvalue weighted by molar-refractivity contribution is 5.74. The number of para-hydroxylation sites is 3. The van der Waals surface area contributed by atoms with E-state index in [0.717, 1.165) is 16.9 Å². The molecule has 0 radical (unpaired) electrons. The Hall–Kier alpha value is -2.40. The number of phenolic OH excluding ortho intramolecular Hbond substituents is 1. The van der Waals surface area contributed by atoms with Crippen molar-refractivity contribution in [3.8, 4) is 5.75 Å². The third-order valence-corrected chi connectivity index (χ3v) is 3.49. The van der Waals surface area contributed by atoms with Crippen LogP contribution in [0.2, 0.25) is 0 Å². The minimum absolute atomic E-state index is 0.0416. The van der Waals surface area contributed by atoms with Crippen molar-refractivity contribution in [1.82, 2.24) is 15.3 Å². The van der Waals surface area contributed by atoms with Crippen LogP contribution in [0.3, 0.4) is 0 Å². The highest BCUT2D eigenvalue weighted by atomic mass is 19.1. The lowest BCUT2D eigenvalue weighted by molar-refractivity contribution is 0.420. The van der Waals surface area contributed by atoms with Gasteiger partial charge in [-0.25, -0.2) is 9.37 Å². The number of phenols is 1. The van der Waals surface area contributed by atoms with Crippen molar-refractivity contribution >= 4 is 11.0 Å². The van der Waals surface area contributed by atoms with E-state index in [0.29, 0.717) is 12.1 Å². The number of hydrogen-bond donors (Lipinski definition) is 3. The molecule has 1 unspecified atom stereocenters. The van der Waals surface area contributed by atoms with Gasteiger partial charge in [0.2, 0.25) is 0 Å². The molecule has 0 bridgehead atoms. The lowest BCUT2D eigenvalue weighted by atomic mass is 10.2. The molecule has 4 nitrogen and oxygen atoms in total. The fourth-order valence-electron chi connectivity index (χ4n) is 2.24. The first-order valence-electron chi connectivity index (χ1n) is 6.79. The number of benzene rings is 2. The maximum atomic E-state index is 13.3. The number of hydrogen-bond acceptors (Lipinski definition) is 3. The summed E-state index contributed by atoms with van der Waals surface area (Å²) < 4.78 is 13.3. The standard InChI is InChI=1S/C16H16FN3O/c1-10(16-19-13-7-2-3-8-14(13)20-16)18-9-11-5-4-6-12(17)15(11)21/h2-8,10,18,21H,9H2,1H3,(H,19,20). The largest absolute Gasteiger partial charge is 0.505 e. The summed E-state index contributed by atoms with van der Waals surface area (Å²) >= 11 is 0. The molecule has 0 aliphatic rings. The van der Waals surface area contributed by atoms with Gasteiger partial charge in [0.15, 0.2) is 11.6 Å². The Kier molecular flexibility index (Phi) is 3.58. The van der Waals surface area contributed by atoms with Gasteiger partial charge in [-0.1, -0.05) is 24.3 Å². The molecule has 3 N–H and O–H groups in total. The molecule has 0 saturated carbocycles. The predicted molar refractivity (Wildman–Crippen MR) is 79.4 cm³/mol. The van der Waals surface area contributed by atoms with Gasteiger partial charge in [-0.2, -0.15) is 0 Å². The lowest BCUT2D eigenvalue weighted by Gasteiger charge is -2.12. The van der Waals surface area contributed by atoms with Crippen molar-refractivity contribution < 1.29 is 9.50 Å². The van der Waals surface area contributed by atoms with Crippen LogP contribution in [0, 0.1) is 5.82 Å². The Morgan fingerprint density at radius 1 is 1.24 bits per heavy atom. The Labute approximate surface area is 121 Å². The minimum atomic E-state index is -0.606.